The summed E-state index contributed by atoms with van der Waals surface area (Å²) >= 11 is 0. The molecule has 0 aromatic heterocycles. The Hall–Kier alpha value is 0. The van der Waals surface area contributed by atoms with Gasteiger partial charge in [-0.2, -0.15) is 0 Å². The molecule has 1 aliphatic rings. The SMILES string of the molecule is CCCC1CC[CH]CC1. The van der Waals surface area contributed by atoms with Crippen molar-refractivity contribution < 1.29 is 0 Å². The van der Waals surface area contributed by atoms with Crippen LogP contribution in [0.5, 0.6) is 0 Å². The maximum absolute atomic E-state index is 2.44. The van der Waals surface area contributed by atoms with E-state index in [-0.39, 0.29) is 0 Å². The fraction of sp³-hybridized carbons (Fsp3) is 0.889. The van der Waals surface area contributed by atoms with Gasteiger partial charge in [0.05, 0.1) is 0 Å². The molecule has 1 fully saturated rings. The first kappa shape index (κ1) is 7.11. The van der Waals surface area contributed by atoms with Crippen molar-refractivity contribution in [3.8, 4) is 0 Å². The van der Waals surface area contributed by atoms with Crippen LogP contribution in [0.25, 0.3) is 0 Å². The minimum absolute atomic E-state index is 1.07. The van der Waals surface area contributed by atoms with Crippen LogP contribution in [0.1, 0.15) is 45.4 Å². The Labute approximate surface area is 58.7 Å². The highest BCUT2D eigenvalue weighted by Crippen LogP contribution is 2.26. The maximum atomic E-state index is 2.44. The van der Waals surface area contributed by atoms with E-state index in [0.717, 1.165) is 5.92 Å². The molecule has 0 N–H and O–H groups in total. The average Bonchev–Trinajstić information content (AvgIpc) is 1.91. The van der Waals surface area contributed by atoms with Gasteiger partial charge in [-0.05, 0) is 25.2 Å². The molecule has 9 heavy (non-hydrogen) atoms. The zero-order chi connectivity index (χ0) is 6.53. The van der Waals surface area contributed by atoms with E-state index in [1.165, 1.54) is 38.5 Å². The molecule has 0 amide bonds. The van der Waals surface area contributed by atoms with Crippen molar-refractivity contribution >= 4 is 0 Å². The number of rotatable bonds is 2. The summed E-state index contributed by atoms with van der Waals surface area (Å²) in [4.78, 5) is 0. The smallest absolute Gasteiger partial charge is 0.0386 e. The maximum Gasteiger partial charge on any atom is -0.0386 e. The molecule has 0 aromatic carbocycles. The van der Waals surface area contributed by atoms with Gasteiger partial charge in [0.25, 0.3) is 0 Å². The second-order valence-electron chi connectivity index (χ2n) is 3.10. The van der Waals surface area contributed by atoms with E-state index in [1.54, 1.807) is 0 Å². The van der Waals surface area contributed by atoms with Crippen molar-refractivity contribution in [2.24, 2.45) is 5.92 Å². The molecule has 0 unspecified atom stereocenters. The Kier molecular flexibility index (Phi) is 3.10. The van der Waals surface area contributed by atoms with Gasteiger partial charge in [-0.25, -0.2) is 0 Å². The largest absolute Gasteiger partial charge is 0.0654 e. The summed E-state index contributed by atoms with van der Waals surface area (Å²) in [6, 6.07) is 0. The van der Waals surface area contributed by atoms with Crippen LogP contribution < -0.4 is 0 Å². The predicted molar refractivity (Wildman–Crippen MR) is 41.2 cm³/mol. The minimum atomic E-state index is 1.07. The lowest BCUT2D eigenvalue weighted by atomic mass is 9.86. The Balaban J connectivity index is 2.08. The van der Waals surface area contributed by atoms with Gasteiger partial charge in [0.2, 0.25) is 0 Å². The fourth-order valence-corrected chi connectivity index (χ4v) is 1.69. The standard InChI is InChI=1S/C9H17/c1-2-6-9-7-4-3-5-8-9/h3,9H,2,4-8H2,1H3. The highest BCUT2D eigenvalue weighted by molar-refractivity contribution is 4.75. The topological polar surface area (TPSA) is 0 Å². The summed E-state index contributed by atoms with van der Waals surface area (Å²) in [7, 11) is 0. The molecular formula is C9H17. The van der Waals surface area contributed by atoms with E-state index in [4.69, 9.17) is 0 Å². The molecule has 53 valence electrons. The van der Waals surface area contributed by atoms with Crippen LogP contribution in [-0.4, -0.2) is 0 Å². The normalized spacial score (nSPS) is 22.3. The van der Waals surface area contributed by atoms with Gasteiger partial charge in [0.1, 0.15) is 0 Å². The summed E-state index contributed by atoms with van der Waals surface area (Å²) in [5, 5.41) is 0. The Morgan fingerprint density at radius 2 is 2.00 bits per heavy atom. The summed E-state index contributed by atoms with van der Waals surface area (Å²) in [6.45, 7) is 2.29. The van der Waals surface area contributed by atoms with Gasteiger partial charge in [-0.3, -0.25) is 0 Å². The van der Waals surface area contributed by atoms with Crippen LogP contribution in [0.2, 0.25) is 0 Å². The van der Waals surface area contributed by atoms with Crippen LogP contribution in [0.15, 0.2) is 0 Å². The van der Waals surface area contributed by atoms with Gasteiger partial charge in [-0.15, -0.1) is 0 Å². The molecule has 0 bridgehead atoms. The lowest BCUT2D eigenvalue weighted by Crippen LogP contribution is -2.05. The summed E-state index contributed by atoms with van der Waals surface area (Å²) in [5.41, 5.74) is 0. The second kappa shape index (κ2) is 3.92. The predicted octanol–water partition coefficient (Wildman–Crippen LogP) is 3.18. The first-order valence-electron chi connectivity index (χ1n) is 4.25. The average molecular weight is 125 g/mol. The molecule has 1 radical (unpaired) electrons. The highest BCUT2D eigenvalue weighted by Gasteiger charge is 2.11. The van der Waals surface area contributed by atoms with Gasteiger partial charge in [0.15, 0.2) is 0 Å². The monoisotopic (exact) mass is 125 g/mol. The van der Waals surface area contributed by atoms with Crippen LogP contribution in [0.4, 0.5) is 0 Å². The Bertz CT molecular complexity index is 57.7. The first-order valence-corrected chi connectivity index (χ1v) is 4.25. The highest BCUT2D eigenvalue weighted by atomic mass is 14.2. The molecular weight excluding hydrogens is 108 g/mol. The molecule has 0 saturated heterocycles. The molecule has 1 saturated carbocycles. The van der Waals surface area contributed by atoms with Crippen LogP contribution in [0.3, 0.4) is 0 Å². The van der Waals surface area contributed by atoms with E-state index >= 15 is 0 Å². The van der Waals surface area contributed by atoms with E-state index in [2.05, 4.69) is 13.3 Å². The lowest BCUT2D eigenvalue weighted by molar-refractivity contribution is 0.377. The molecule has 0 aromatic rings. The zero-order valence-electron chi connectivity index (χ0n) is 6.40. The number of hydrogen-bond acceptors (Lipinski definition) is 0. The Morgan fingerprint density at radius 1 is 1.33 bits per heavy atom. The van der Waals surface area contributed by atoms with Crippen LogP contribution >= 0.6 is 0 Å². The third-order valence-corrected chi connectivity index (χ3v) is 2.26. The van der Waals surface area contributed by atoms with E-state index in [9.17, 15) is 0 Å². The minimum Gasteiger partial charge on any atom is -0.0654 e. The lowest BCUT2D eigenvalue weighted by Gasteiger charge is -2.20. The summed E-state index contributed by atoms with van der Waals surface area (Å²) < 4.78 is 0. The third-order valence-electron chi connectivity index (χ3n) is 2.26. The number of hydrogen-bond donors (Lipinski definition) is 0. The molecule has 0 nitrogen and oxygen atoms in total. The van der Waals surface area contributed by atoms with Gasteiger partial charge >= 0.3 is 0 Å². The van der Waals surface area contributed by atoms with E-state index < -0.39 is 0 Å². The second-order valence-corrected chi connectivity index (χ2v) is 3.10. The fourth-order valence-electron chi connectivity index (χ4n) is 1.69. The van der Waals surface area contributed by atoms with Crippen molar-refractivity contribution in [2.75, 3.05) is 0 Å². The molecule has 0 spiro atoms. The molecule has 1 rings (SSSR count). The van der Waals surface area contributed by atoms with Crippen LogP contribution in [-0.2, 0) is 0 Å². The molecule has 0 atom stereocenters. The van der Waals surface area contributed by atoms with E-state index in [0.29, 0.717) is 0 Å². The van der Waals surface area contributed by atoms with E-state index in [1.807, 2.05) is 0 Å². The first-order chi connectivity index (χ1) is 4.43. The Morgan fingerprint density at radius 3 is 2.56 bits per heavy atom. The van der Waals surface area contributed by atoms with Gasteiger partial charge in [0, 0.05) is 0 Å². The molecule has 0 aliphatic heterocycles. The van der Waals surface area contributed by atoms with Crippen LogP contribution in [0, 0.1) is 12.3 Å². The molecule has 0 heterocycles. The van der Waals surface area contributed by atoms with Crippen molar-refractivity contribution in [3.05, 3.63) is 6.42 Å². The summed E-state index contributed by atoms with van der Waals surface area (Å²) in [6.07, 6.45) is 11.0. The summed E-state index contributed by atoms with van der Waals surface area (Å²) in [5.74, 6) is 1.07. The quantitative estimate of drug-likeness (QED) is 0.531. The van der Waals surface area contributed by atoms with Crippen molar-refractivity contribution in [2.45, 2.75) is 45.4 Å². The molecule has 0 heteroatoms. The molecule has 1 aliphatic carbocycles. The third kappa shape index (κ3) is 2.38. The zero-order valence-corrected chi connectivity index (χ0v) is 6.40. The van der Waals surface area contributed by atoms with Crippen molar-refractivity contribution in [1.82, 2.24) is 0 Å². The van der Waals surface area contributed by atoms with Gasteiger partial charge < -0.3 is 0 Å². The van der Waals surface area contributed by atoms with Crippen molar-refractivity contribution in [3.63, 3.8) is 0 Å². The van der Waals surface area contributed by atoms with Crippen molar-refractivity contribution in [1.29, 1.82) is 0 Å². The van der Waals surface area contributed by atoms with Gasteiger partial charge in [-0.1, -0.05) is 32.6 Å².